The zero-order chi connectivity index (χ0) is 11.4. The van der Waals surface area contributed by atoms with E-state index in [2.05, 4.69) is 0 Å². The smallest absolute Gasteiger partial charge is 0.214 e. The molecule has 82 valence electrons. The summed E-state index contributed by atoms with van der Waals surface area (Å²) in [5, 5.41) is 8.47. The summed E-state index contributed by atoms with van der Waals surface area (Å²) in [7, 11) is 0. The molecule has 0 fully saturated rings. The van der Waals surface area contributed by atoms with Gasteiger partial charge in [0.2, 0.25) is 0 Å². The lowest BCUT2D eigenvalue weighted by molar-refractivity contribution is 0.292. The van der Waals surface area contributed by atoms with Gasteiger partial charge in [0.25, 0.3) is 0 Å². The number of rotatable bonds is 5. The molecule has 3 nitrogen and oxygen atoms in total. The molecule has 0 amide bonds. The summed E-state index contributed by atoms with van der Waals surface area (Å²) in [4.78, 5) is 10.1. The molecule has 0 saturated carbocycles. The highest BCUT2D eigenvalue weighted by Crippen LogP contribution is 2.65. The van der Waals surface area contributed by atoms with Crippen molar-refractivity contribution in [2.24, 2.45) is 0 Å². The van der Waals surface area contributed by atoms with E-state index >= 15 is 0 Å². The molecular weight excluding hydrogens is 219 g/mol. The Bertz CT molecular complexity index is 205. The van der Waals surface area contributed by atoms with Crippen LogP contribution in [0.15, 0.2) is 0 Å². The molecule has 0 radical (unpaired) electrons. The van der Waals surface area contributed by atoms with E-state index in [1.165, 1.54) is 0 Å². The van der Waals surface area contributed by atoms with Crippen LogP contribution in [0.3, 0.4) is 0 Å². The predicted octanol–water partition coefficient (Wildman–Crippen LogP) is 3.01. The zero-order valence-corrected chi connectivity index (χ0v) is 10.9. The molecule has 0 aromatic heterocycles. The first-order valence-electron chi connectivity index (χ1n) is 4.79. The highest BCUT2D eigenvalue weighted by atomic mass is 35.7. The van der Waals surface area contributed by atoms with E-state index in [1.54, 1.807) is 0 Å². The molecule has 14 heavy (non-hydrogen) atoms. The van der Waals surface area contributed by atoms with Gasteiger partial charge in [0, 0.05) is 12.1 Å². The van der Waals surface area contributed by atoms with Gasteiger partial charge in [-0.25, -0.2) is 4.89 Å². The first kappa shape index (κ1) is 14.1. The highest BCUT2D eigenvalue weighted by Gasteiger charge is 2.45. The monoisotopic (exact) mass is 237 g/mol. The number of hydrogen-bond donors (Lipinski definition) is 1. The van der Waals surface area contributed by atoms with Gasteiger partial charge in [0.15, 0.2) is 0 Å². The molecule has 1 atom stereocenters. The summed E-state index contributed by atoms with van der Waals surface area (Å²) in [5.41, 5.74) is 0. The van der Waals surface area contributed by atoms with Crippen molar-refractivity contribution in [2.45, 2.75) is 46.2 Å². The van der Waals surface area contributed by atoms with Crippen LogP contribution in [0, 0.1) is 11.3 Å². The fourth-order valence-electron chi connectivity index (χ4n) is 1.61. The first-order valence-corrected chi connectivity index (χ1v) is 7.57. The molecule has 1 unspecified atom stereocenters. The molecule has 0 spiro atoms. The van der Waals surface area contributed by atoms with Gasteiger partial charge in [-0.3, -0.25) is 0 Å². The minimum atomic E-state index is -2.60. The van der Waals surface area contributed by atoms with Gasteiger partial charge in [-0.05, 0) is 27.7 Å². The summed E-state index contributed by atoms with van der Waals surface area (Å²) in [6, 6.07) is 2.41. The zero-order valence-electron chi connectivity index (χ0n) is 9.24. The molecule has 0 heterocycles. The summed E-state index contributed by atoms with van der Waals surface area (Å²) in [6.45, 7) is 5.40. The van der Waals surface area contributed by atoms with E-state index in [-0.39, 0.29) is 12.1 Å². The molecule has 1 N–H and O–H groups in total. The topological polar surface area (TPSA) is 47.3 Å². The van der Waals surface area contributed by atoms with Crippen LogP contribution >= 0.6 is 18.2 Å². The normalized spacial score (nSPS) is 16.0. The van der Waals surface area contributed by atoms with Crippen molar-refractivity contribution in [3.8, 4) is 6.07 Å². The number of nitrogens with zero attached hydrogens (tertiary/aromatic N) is 2. The van der Waals surface area contributed by atoms with Crippen molar-refractivity contribution in [2.75, 3.05) is 6.16 Å². The van der Waals surface area contributed by atoms with Gasteiger partial charge in [0.1, 0.15) is 17.4 Å². The SMILES string of the molecule is CC(C)N(C(C)C)[P+](O)(Cl)CCC#N. The van der Waals surface area contributed by atoms with Crippen LogP contribution in [0.2, 0.25) is 0 Å². The third-order valence-electron chi connectivity index (χ3n) is 1.92. The Morgan fingerprint density at radius 2 is 1.79 bits per heavy atom. The second-order valence-corrected chi connectivity index (χ2v) is 7.66. The maximum atomic E-state index is 10.1. The van der Waals surface area contributed by atoms with Gasteiger partial charge in [-0.15, -0.1) is 4.67 Å². The minimum Gasteiger partial charge on any atom is -0.214 e. The van der Waals surface area contributed by atoms with E-state index in [0.29, 0.717) is 12.6 Å². The first-order chi connectivity index (χ1) is 6.33. The fraction of sp³-hybridized carbons (Fsp3) is 0.889. The fourth-order valence-corrected chi connectivity index (χ4v) is 4.94. The highest BCUT2D eigenvalue weighted by molar-refractivity contribution is 7.92. The van der Waals surface area contributed by atoms with E-state index in [0.717, 1.165) is 0 Å². The summed E-state index contributed by atoms with van der Waals surface area (Å²) in [6.07, 6.45) is 0.686. The Hall–Kier alpha value is 0.130. The third kappa shape index (κ3) is 4.11. The van der Waals surface area contributed by atoms with Crippen LogP contribution in [0.5, 0.6) is 0 Å². The van der Waals surface area contributed by atoms with Crippen molar-refractivity contribution in [3.63, 3.8) is 0 Å². The lowest BCUT2D eigenvalue weighted by atomic mass is 10.3. The van der Waals surface area contributed by atoms with Crippen LogP contribution in [-0.2, 0) is 0 Å². The molecule has 0 saturated heterocycles. The summed E-state index contributed by atoms with van der Waals surface area (Å²) in [5.74, 6) is 0. The Morgan fingerprint density at radius 1 is 1.36 bits per heavy atom. The molecule has 0 aliphatic heterocycles. The van der Waals surface area contributed by atoms with Crippen molar-refractivity contribution in [3.05, 3.63) is 0 Å². The number of nitriles is 1. The predicted molar refractivity (Wildman–Crippen MR) is 62.2 cm³/mol. The molecule has 5 heteroatoms. The van der Waals surface area contributed by atoms with E-state index < -0.39 is 6.99 Å². The minimum absolute atomic E-state index is 0.199. The lowest BCUT2D eigenvalue weighted by Crippen LogP contribution is -2.35. The van der Waals surface area contributed by atoms with Gasteiger partial charge in [0.05, 0.1) is 12.5 Å². The molecule has 0 aliphatic carbocycles. The van der Waals surface area contributed by atoms with Gasteiger partial charge >= 0.3 is 6.99 Å². The molecule has 0 rings (SSSR count). The largest absolute Gasteiger partial charge is 0.312 e. The average Bonchev–Trinajstić information content (AvgIpc) is 1.98. The maximum absolute atomic E-state index is 10.1. The van der Waals surface area contributed by atoms with Crippen LogP contribution in [0.4, 0.5) is 0 Å². The van der Waals surface area contributed by atoms with Crippen LogP contribution < -0.4 is 0 Å². The summed E-state index contributed by atoms with van der Waals surface area (Å²) >= 11 is 6.11. The molecule has 0 bridgehead atoms. The van der Waals surface area contributed by atoms with E-state index in [9.17, 15) is 4.89 Å². The maximum Gasteiger partial charge on any atom is 0.312 e. The standard InChI is InChI=1S/C9H19ClN2OP/c1-8(2)12(9(3)4)14(10,13)7-5-6-11/h8-9,13H,5,7H2,1-4H3/q+1. The lowest BCUT2D eigenvalue weighted by Gasteiger charge is -2.31. The number of hydrogen-bond acceptors (Lipinski definition) is 3. The Labute approximate surface area is 91.9 Å². The van der Waals surface area contributed by atoms with Crippen LogP contribution in [0.25, 0.3) is 0 Å². The second kappa shape index (κ2) is 5.88. The number of halogens is 1. The second-order valence-electron chi connectivity index (χ2n) is 3.84. The Morgan fingerprint density at radius 3 is 2.07 bits per heavy atom. The van der Waals surface area contributed by atoms with Gasteiger partial charge in [-0.2, -0.15) is 5.26 Å². The molecule has 0 aromatic carbocycles. The Kier molecular flexibility index (Phi) is 5.93. The molecule has 0 aromatic rings. The third-order valence-corrected chi connectivity index (χ3v) is 5.38. The quantitative estimate of drug-likeness (QED) is 0.748. The van der Waals surface area contributed by atoms with E-state index in [4.69, 9.17) is 16.5 Å². The van der Waals surface area contributed by atoms with Gasteiger partial charge in [-0.1, -0.05) is 0 Å². The van der Waals surface area contributed by atoms with E-state index in [1.807, 2.05) is 38.4 Å². The summed E-state index contributed by atoms with van der Waals surface area (Å²) < 4.78 is 1.91. The average molecular weight is 238 g/mol. The van der Waals surface area contributed by atoms with Gasteiger partial charge < -0.3 is 0 Å². The van der Waals surface area contributed by atoms with Crippen molar-refractivity contribution in [1.82, 2.24) is 4.67 Å². The van der Waals surface area contributed by atoms with Crippen molar-refractivity contribution >= 4 is 18.2 Å². The molecule has 0 aliphatic rings. The Balaban J connectivity index is 4.55. The van der Waals surface area contributed by atoms with Crippen LogP contribution in [-0.4, -0.2) is 27.8 Å². The van der Waals surface area contributed by atoms with Crippen LogP contribution in [0.1, 0.15) is 34.1 Å². The van der Waals surface area contributed by atoms with Crippen molar-refractivity contribution < 1.29 is 4.89 Å². The van der Waals surface area contributed by atoms with Crippen molar-refractivity contribution in [1.29, 1.82) is 5.26 Å². The molecular formula is C9H19ClN2OP+.